The summed E-state index contributed by atoms with van der Waals surface area (Å²) in [5.41, 5.74) is 2.29. The number of hydrogen-bond acceptors (Lipinski definition) is 2. The van der Waals surface area contributed by atoms with Crippen LogP contribution in [-0.2, 0) is 0 Å². The van der Waals surface area contributed by atoms with Crippen molar-refractivity contribution < 1.29 is 9.18 Å². The van der Waals surface area contributed by atoms with E-state index in [2.05, 4.69) is 10.3 Å². The Morgan fingerprint density at radius 1 is 1.14 bits per heavy atom. The van der Waals surface area contributed by atoms with E-state index < -0.39 is 0 Å². The van der Waals surface area contributed by atoms with Gasteiger partial charge in [-0.2, -0.15) is 0 Å². The average molecular weight is 412 g/mol. The van der Waals surface area contributed by atoms with Crippen LogP contribution in [0.25, 0.3) is 17.1 Å². The molecule has 1 heterocycles. The summed E-state index contributed by atoms with van der Waals surface area (Å²) in [6.07, 6.45) is 5.47. The average Bonchev–Trinajstić information content (AvgIpc) is 3.06. The Morgan fingerprint density at radius 3 is 2.62 bits per heavy atom. The summed E-state index contributed by atoms with van der Waals surface area (Å²) in [4.78, 5) is 17.7. The van der Waals surface area contributed by atoms with E-state index in [-0.39, 0.29) is 17.8 Å². The van der Waals surface area contributed by atoms with Crippen molar-refractivity contribution in [1.29, 1.82) is 0 Å². The summed E-state index contributed by atoms with van der Waals surface area (Å²) >= 11 is 6.42. The van der Waals surface area contributed by atoms with Crippen LogP contribution in [0.3, 0.4) is 0 Å². The molecule has 6 heteroatoms. The molecule has 1 saturated carbocycles. The zero-order chi connectivity index (χ0) is 20.4. The van der Waals surface area contributed by atoms with Gasteiger partial charge in [0.05, 0.1) is 16.4 Å². The van der Waals surface area contributed by atoms with Crippen molar-refractivity contribution in [3.63, 3.8) is 0 Å². The Labute approximate surface area is 174 Å². The Morgan fingerprint density at radius 2 is 1.90 bits per heavy atom. The lowest BCUT2D eigenvalue weighted by molar-refractivity contribution is 0.0922. The fourth-order valence-electron chi connectivity index (χ4n) is 3.97. The highest BCUT2D eigenvalue weighted by atomic mass is 35.5. The second kappa shape index (κ2) is 8.37. The zero-order valence-corrected chi connectivity index (χ0v) is 17.0. The first-order chi connectivity index (χ1) is 14.0. The third-order valence-corrected chi connectivity index (χ3v) is 5.77. The van der Waals surface area contributed by atoms with Gasteiger partial charge in [-0.25, -0.2) is 9.37 Å². The first-order valence-corrected chi connectivity index (χ1v) is 10.3. The fourth-order valence-corrected chi connectivity index (χ4v) is 4.19. The van der Waals surface area contributed by atoms with E-state index in [0.29, 0.717) is 33.5 Å². The molecule has 0 radical (unpaired) electrons. The number of nitrogens with one attached hydrogen (secondary N) is 1. The predicted octanol–water partition coefficient (Wildman–Crippen LogP) is 5.70. The SMILES string of the molecule is Cc1c(C(=O)NC2CCCCC2)nc(-c2ccccc2Cl)n1-c1cccc(F)c1. The summed E-state index contributed by atoms with van der Waals surface area (Å²) in [5, 5.41) is 3.65. The van der Waals surface area contributed by atoms with E-state index >= 15 is 0 Å². The summed E-state index contributed by atoms with van der Waals surface area (Å²) in [6.45, 7) is 1.83. The third-order valence-electron chi connectivity index (χ3n) is 5.44. The quantitative estimate of drug-likeness (QED) is 0.598. The summed E-state index contributed by atoms with van der Waals surface area (Å²) < 4.78 is 15.7. The number of carbonyl (C=O) groups is 1. The van der Waals surface area contributed by atoms with Gasteiger partial charge in [-0.15, -0.1) is 0 Å². The molecule has 150 valence electrons. The molecule has 29 heavy (non-hydrogen) atoms. The molecule has 3 aromatic rings. The molecule has 0 saturated heterocycles. The molecule has 2 aromatic carbocycles. The van der Waals surface area contributed by atoms with Crippen molar-refractivity contribution in [2.24, 2.45) is 0 Å². The molecule has 1 aromatic heterocycles. The first kappa shape index (κ1) is 19.6. The van der Waals surface area contributed by atoms with Crippen LogP contribution in [0.15, 0.2) is 48.5 Å². The maximum Gasteiger partial charge on any atom is 0.272 e. The van der Waals surface area contributed by atoms with Crippen molar-refractivity contribution in [2.45, 2.75) is 45.1 Å². The van der Waals surface area contributed by atoms with Gasteiger partial charge in [0.25, 0.3) is 5.91 Å². The lowest BCUT2D eigenvalue weighted by Gasteiger charge is -2.22. The molecule has 4 nitrogen and oxygen atoms in total. The van der Waals surface area contributed by atoms with Gasteiger partial charge in [0.2, 0.25) is 0 Å². The van der Waals surface area contributed by atoms with Crippen molar-refractivity contribution in [2.75, 3.05) is 0 Å². The van der Waals surface area contributed by atoms with E-state index in [9.17, 15) is 9.18 Å². The number of amides is 1. The van der Waals surface area contributed by atoms with Gasteiger partial charge in [0.15, 0.2) is 0 Å². The smallest absolute Gasteiger partial charge is 0.272 e. The topological polar surface area (TPSA) is 46.9 Å². The second-order valence-electron chi connectivity index (χ2n) is 7.47. The zero-order valence-electron chi connectivity index (χ0n) is 16.3. The highest BCUT2D eigenvalue weighted by Gasteiger charge is 2.25. The lowest BCUT2D eigenvalue weighted by Crippen LogP contribution is -2.36. The Bertz CT molecular complexity index is 1040. The lowest BCUT2D eigenvalue weighted by atomic mass is 9.95. The number of halogens is 2. The maximum atomic E-state index is 13.9. The van der Waals surface area contributed by atoms with Gasteiger partial charge in [0, 0.05) is 11.6 Å². The molecule has 0 bridgehead atoms. The number of aromatic nitrogens is 2. The molecule has 0 atom stereocenters. The van der Waals surface area contributed by atoms with Crippen LogP contribution >= 0.6 is 11.6 Å². The highest BCUT2D eigenvalue weighted by molar-refractivity contribution is 6.33. The van der Waals surface area contributed by atoms with Gasteiger partial charge in [-0.3, -0.25) is 9.36 Å². The maximum absolute atomic E-state index is 13.9. The Kier molecular flexibility index (Phi) is 5.67. The number of imidazole rings is 1. The number of nitrogens with zero attached hydrogens (tertiary/aromatic N) is 2. The van der Waals surface area contributed by atoms with Crippen molar-refractivity contribution in [1.82, 2.24) is 14.9 Å². The van der Waals surface area contributed by atoms with Crippen LogP contribution in [0, 0.1) is 12.7 Å². The number of rotatable bonds is 4. The molecule has 1 aliphatic carbocycles. The van der Waals surface area contributed by atoms with Gasteiger partial charge in [-0.05, 0) is 50.1 Å². The van der Waals surface area contributed by atoms with Gasteiger partial charge in [0.1, 0.15) is 17.3 Å². The molecular formula is C23H23ClFN3O. The van der Waals surface area contributed by atoms with E-state index in [1.807, 2.05) is 25.1 Å². The fraction of sp³-hybridized carbons (Fsp3) is 0.304. The largest absolute Gasteiger partial charge is 0.348 e. The van der Waals surface area contributed by atoms with Gasteiger partial charge >= 0.3 is 0 Å². The van der Waals surface area contributed by atoms with E-state index in [0.717, 1.165) is 25.7 Å². The van der Waals surface area contributed by atoms with E-state index in [1.54, 1.807) is 22.8 Å². The van der Waals surface area contributed by atoms with Gasteiger partial charge < -0.3 is 5.32 Å². The summed E-state index contributed by atoms with van der Waals surface area (Å²) in [7, 11) is 0. The van der Waals surface area contributed by atoms with Gasteiger partial charge in [-0.1, -0.05) is 49.1 Å². The molecular weight excluding hydrogens is 389 g/mol. The number of hydrogen-bond donors (Lipinski definition) is 1. The van der Waals surface area contributed by atoms with E-state index in [4.69, 9.17) is 11.6 Å². The first-order valence-electron chi connectivity index (χ1n) is 9.95. The minimum absolute atomic E-state index is 0.179. The molecule has 1 fully saturated rings. The van der Waals surface area contributed by atoms with Crippen LogP contribution in [0.2, 0.25) is 5.02 Å². The van der Waals surface area contributed by atoms with Crippen LogP contribution in [0.1, 0.15) is 48.3 Å². The van der Waals surface area contributed by atoms with Crippen LogP contribution in [0.5, 0.6) is 0 Å². The predicted molar refractivity (Wildman–Crippen MR) is 113 cm³/mol. The van der Waals surface area contributed by atoms with Crippen molar-refractivity contribution in [3.05, 3.63) is 70.8 Å². The van der Waals surface area contributed by atoms with Crippen molar-refractivity contribution in [3.8, 4) is 17.1 Å². The van der Waals surface area contributed by atoms with Crippen LogP contribution in [-0.4, -0.2) is 21.5 Å². The molecule has 0 spiro atoms. The minimum Gasteiger partial charge on any atom is -0.348 e. The Balaban J connectivity index is 1.80. The summed E-state index contributed by atoms with van der Waals surface area (Å²) in [6, 6.07) is 13.8. The van der Waals surface area contributed by atoms with E-state index in [1.165, 1.54) is 18.6 Å². The molecule has 1 amide bonds. The standard InChI is InChI=1S/C23H23ClFN3O/c1-15-21(23(29)26-17-9-3-2-4-10-17)27-22(19-12-5-6-13-20(19)24)28(15)18-11-7-8-16(25)14-18/h5-8,11-14,17H,2-4,9-10H2,1H3,(H,26,29). The van der Waals surface area contributed by atoms with Crippen LogP contribution < -0.4 is 5.32 Å². The number of carbonyl (C=O) groups excluding carboxylic acids is 1. The highest BCUT2D eigenvalue weighted by Crippen LogP contribution is 2.31. The molecule has 4 rings (SSSR count). The molecule has 1 N–H and O–H groups in total. The molecule has 1 aliphatic rings. The number of benzene rings is 2. The van der Waals surface area contributed by atoms with Crippen LogP contribution in [0.4, 0.5) is 4.39 Å². The molecule has 0 aliphatic heterocycles. The Hall–Kier alpha value is -2.66. The molecule has 0 unspecified atom stereocenters. The second-order valence-corrected chi connectivity index (χ2v) is 7.88. The normalized spacial score (nSPS) is 14.7. The minimum atomic E-state index is -0.353. The van der Waals surface area contributed by atoms with Crippen molar-refractivity contribution >= 4 is 17.5 Å². The monoisotopic (exact) mass is 411 g/mol. The third kappa shape index (κ3) is 4.06. The summed E-state index contributed by atoms with van der Waals surface area (Å²) in [5.74, 6) is -0.0285.